The van der Waals surface area contributed by atoms with Crippen molar-refractivity contribution in [3.63, 3.8) is 0 Å². The van der Waals surface area contributed by atoms with E-state index < -0.39 is 0 Å². The Hall–Kier alpha value is -1.43. The minimum Gasteiger partial charge on any atom is -0.333 e. The number of piperidine rings is 1. The molecule has 0 atom stereocenters. The second-order valence-corrected chi connectivity index (χ2v) is 8.62. The number of benzene rings is 1. The van der Waals surface area contributed by atoms with Crippen LogP contribution in [-0.2, 0) is 6.54 Å². The van der Waals surface area contributed by atoms with Crippen molar-refractivity contribution in [1.29, 1.82) is 0 Å². The molecule has 1 amide bonds. The molecule has 0 radical (unpaired) electrons. The first-order valence-corrected chi connectivity index (χ1v) is 10.5. The zero-order chi connectivity index (χ0) is 19.2. The SMILES string of the molecule is CC1CCN(CCN(Cc2ccc(Cl)cc2)C(=O)c2cncc(Br)c2)CC1. The second-order valence-electron chi connectivity index (χ2n) is 7.27. The van der Waals surface area contributed by atoms with Gasteiger partial charge in [0.2, 0.25) is 0 Å². The molecule has 1 aromatic heterocycles. The highest BCUT2D eigenvalue weighted by Gasteiger charge is 2.20. The van der Waals surface area contributed by atoms with Crippen molar-refractivity contribution in [1.82, 2.24) is 14.8 Å². The lowest BCUT2D eigenvalue weighted by atomic mass is 9.99. The average molecular weight is 451 g/mol. The first-order valence-electron chi connectivity index (χ1n) is 9.38. The highest BCUT2D eigenvalue weighted by Crippen LogP contribution is 2.18. The van der Waals surface area contributed by atoms with Crippen molar-refractivity contribution in [3.05, 3.63) is 63.3 Å². The van der Waals surface area contributed by atoms with Crippen LogP contribution in [0.25, 0.3) is 0 Å². The molecule has 1 aromatic carbocycles. The third-order valence-corrected chi connectivity index (χ3v) is 5.77. The number of nitrogens with zero attached hydrogens (tertiary/aromatic N) is 3. The molecule has 0 bridgehead atoms. The topological polar surface area (TPSA) is 36.4 Å². The van der Waals surface area contributed by atoms with Gasteiger partial charge in [-0.05, 0) is 71.5 Å². The van der Waals surface area contributed by atoms with Gasteiger partial charge < -0.3 is 9.80 Å². The number of hydrogen-bond donors (Lipinski definition) is 0. The Morgan fingerprint density at radius 2 is 1.96 bits per heavy atom. The molecule has 144 valence electrons. The van der Waals surface area contributed by atoms with E-state index in [0.717, 1.165) is 35.6 Å². The maximum Gasteiger partial charge on any atom is 0.255 e. The van der Waals surface area contributed by atoms with Gasteiger partial charge in [-0.3, -0.25) is 9.78 Å². The molecule has 2 aromatic rings. The molecule has 6 heteroatoms. The van der Waals surface area contributed by atoms with E-state index in [9.17, 15) is 4.79 Å². The normalized spacial score (nSPS) is 15.7. The van der Waals surface area contributed by atoms with Crippen LogP contribution >= 0.6 is 27.5 Å². The third kappa shape index (κ3) is 6.03. The second kappa shape index (κ2) is 9.67. The molecule has 0 aliphatic carbocycles. The minimum absolute atomic E-state index is 0.00382. The standard InChI is InChI=1S/C21H25BrClN3O/c1-16-6-8-25(9-7-16)10-11-26(15-17-2-4-20(23)5-3-17)21(27)18-12-19(22)14-24-13-18/h2-5,12-14,16H,6-11,15H2,1H3. The fourth-order valence-corrected chi connectivity index (χ4v) is 3.81. The maximum atomic E-state index is 13.1. The summed E-state index contributed by atoms with van der Waals surface area (Å²) in [7, 11) is 0. The molecule has 2 heterocycles. The van der Waals surface area contributed by atoms with Crippen LogP contribution in [0.4, 0.5) is 0 Å². The van der Waals surface area contributed by atoms with Crippen LogP contribution in [-0.4, -0.2) is 46.9 Å². The minimum atomic E-state index is 0.00382. The zero-order valence-corrected chi connectivity index (χ0v) is 17.9. The van der Waals surface area contributed by atoms with Gasteiger partial charge in [-0.2, -0.15) is 0 Å². The Balaban J connectivity index is 1.71. The number of rotatable bonds is 6. The predicted octanol–water partition coefficient (Wildman–Crippen LogP) is 4.87. The summed E-state index contributed by atoms with van der Waals surface area (Å²) in [5.41, 5.74) is 1.67. The van der Waals surface area contributed by atoms with Crippen LogP contribution in [0.15, 0.2) is 47.2 Å². The molecular formula is C21H25BrClN3O. The number of carbonyl (C=O) groups excluding carboxylic acids is 1. The molecule has 0 saturated carbocycles. The van der Waals surface area contributed by atoms with Gasteiger partial charge in [0.25, 0.3) is 5.91 Å². The highest BCUT2D eigenvalue weighted by molar-refractivity contribution is 9.10. The summed E-state index contributed by atoms with van der Waals surface area (Å²) < 4.78 is 0.810. The Labute approximate surface area is 174 Å². The summed E-state index contributed by atoms with van der Waals surface area (Å²) in [6.07, 6.45) is 5.79. The van der Waals surface area contributed by atoms with Crippen molar-refractivity contribution in [3.8, 4) is 0 Å². The summed E-state index contributed by atoms with van der Waals surface area (Å²) in [4.78, 5) is 21.6. The molecule has 0 N–H and O–H groups in total. The van der Waals surface area contributed by atoms with Crippen molar-refractivity contribution in [2.24, 2.45) is 5.92 Å². The summed E-state index contributed by atoms with van der Waals surface area (Å²) in [6.45, 7) is 6.70. The Morgan fingerprint density at radius 3 is 2.63 bits per heavy atom. The van der Waals surface area contributed by atoms with E-state index >= 15 is 0 Å². The van der Waals surface area contributed by atoms with Crippen LogP contribution < -0.4 is 0 Å². The number of hydrogen-bond acceptors (Lipinski definition) is 3. The predicted molar refractivity (Wildman–Crippen MR) is 113 cm³/mol. The van der Waals surface area contributed by atoms with E-state index in [2.05, 4.69) is 32.7 Å². The van der Waals surface area contributed by atoms with Crippen molar-refractivity contribution in [2.45, 2.75) is 26.3 Å². The summed E-state index contributed by atoms with van der Waals surface area (Å²) in [6, 6.07) is 9.51. The number of amides is 1. The van der Waals surface area contributed by atoms with Gasteiger partial charge in [0.05, 0.1) is 5.56 Å². The van der Waals surface area contributed by atoms with Gasteiger partial charge in [-0.15, -0.1) is 0 Å². The fourth-order valence-electron chi connectivity index (χ4n) is 3.32. The fraction of sp³-hybridized carbons (Fsp3) is 0.429. The van der Waals surface area contributed by atoms with Crippen LogP contribution in [0.1, 0.15) is 35.7 Å². The average Bonchev–Trinajstić information content (AvgIpc) is 2.67. The van der Waals surface area contributed by atoms with Crippen molar-refractivity contribution >= 4 is 33.4 Å². The van der Waals surface area contributed by atoms with Crippen LogP contribution in [0.3, 0.4) is 0 Å². The molecule has 3 rings (SSSR count). The molecular weight excluding hydrogens is 426 g/mol. The monoisotopic (exact) mass is 449 g/mol. The first-order chi connectivity index (χ1) is 13.0. The van der Waals surface area contributed by atoms with E-state index in [4.69, 9.17) is 11.6 Å². The molecule has 0 spiro atoms. The number of likely N-dealkylation sites (tertiary alicyclic amines) is 1. The number of aromatic nitrogens is 1. The summed E-state index contributed by atoms with van der Waals surface area (Å²) in [5.74, 6) is 0.810. The Bertz CT molecular complexity index is 760. The molecule has 0 unspecified atom stereocenters. The molecule has 1 aliphatic heterocycles. The van der Waals surface area contributed by atoms with E-state index in [1.807, 2.05) is 35.2 Å². The molecule has 1 aliphatic rings. The van der Waals surface area contributed by atoms with E-state index in [1.165, 1.54) is 12.8 Å². The lowest BCUT2D eigenvalue weighted by Gasteiger charge is -2.32. The lowest BCUT2D eigenvalue weighted by Crippen LogP contribution is -2.41. The van der Waals surface area contributed by atoms with Gasteiger partial charge in [0.1, 0.15) is 0 Å². The van der Waals surface area contributed by atoms with Crippen molar-refractivity contribution < 1.29 is 4.79 Å². The van der Waals surface area contributed by atoms with Gasteiger partial charge in [-0.1, -0.05) is 30.7 Å². The lowest BCUT2D eigenvalue weighted by molar-refractivity contribution is 0.0709. The zero-order valence-electron chi connectivity index (χ0n) is 15.6. The third-order valence-electron chi connectivity index (χ3n) is 5.09. The first kappa shape index (κ1) is 20.3. The van der Waals surface area contributed by atoms with E-state index in [-0.39, 0.29) is 5.91 Å². The Kier molecular flexibility index (Phi) is 7.27. The largest absolute Gasteiger partial charge is 0.333 e. The summed E-state index contributed by atoms with van der Waals surface area (Å²) in [5, 5.41) is 0.704. The van der Waals surface area contributed by atoms with Gasteiger partial charge >= 0.3 is 0 Å². The maximum absolute atomic E-state index is 13.1. The van der Waals surface area contributed by atoms with Crippen LogP contribution in [0.2, 0.25) is 5.02 Å². The molecule has 1 saturated heterocycles. The quantitative estimate of drug-likeness (QED) is 0.630. The van der Waals surface area contributed by atoms with E-state index in [0.29, 0.717) is 23.7 Å². The van der Waals surface area contributed by atoms with E-state index in [1.54, 1.807) is 12.4 Å². The smallest absolute Gasteiger partial charge is 0.255 e. The molecule has 1 fully saturated rings. The van der Waals surface area contributed by atoms with Crippen LogP contribution in [0.5, 0.6) is 0 Å². The van der Waals surface area contributed by atoms with Crippen LogP contribution in [0, 0.1) is 5.92 Å². The number of carbonyl (C=O) groups is 1. The van der Waals surface area contributed by atoms with Gasteiger partial charge in [-0.25, -0.2) is 0 Å². The molecule has 4 nitrogen and oxygen atoms in total. The highest BCUT2D eigenvalue weighted by atomic mass is 79.9. The molecule has 27 heavy (non-hydrogen) atoms. The Morgan fingerprint density at radius 1 is 1.26 bits per heavy atom. The number of pyridine rings is 1. The number of halogens is 2. The van der Waals surface area contributed by atoms with Crippen molar-refractivity contribution in [2.75, 3.05) is 26.2 Å². The van der Waals surface area contributed by atoms with Gasteiger partial charge in [0.15, 0.2) is 0 Å². The summed E-state index contributed by atoms with van der Waals surface area (Å²) >= 11 is 9.40. The van der Waals surface area contributed by atoms with Gasteiger partial charge in [0, 0.05) is 41.5 Å².